The highest BCUT2D eigenvalue weighted by molar-refractivity contribution is 5.76. The highest BCUT2D eigenvalue weighted by atomic mass is 16.5. The van der Waals surface area contributed by atoms with Crippen LogP contribution in [0.3, 0.4) is 0 Å². The van der Waals surface area contributed by atoms with E-state index in [4.69, 9.17) is 4.74 Å². The van der Waals surface area contributed by atoms with E-state index in [1.165, 1.54) is 270 Å². The van der Waals surface area contributed by atoms with Crippen LogP contribution in [-0.2, 0) is 14.3 Å². The molecule has 0 aliphatic heterocycles. The lowest BCUT2D eigenvalue weighted by atomic mass is 10.0. The van der Waals surface area contributed by atoms with Gasteiger partial charge in [-0.2, -0.15) is 0 Å². The van der Waals surface area contributed by atoms with E-state index >= 15 is 0 Å². The summed E-state index contributed by atoms with van der Waals surface area (Å²) < 4.78 is 5.50. The van der Waals surface area contributed by atoms with Crippen molar-refractivity contribution in [3.63, 3.8) is 0 Å². The van der Waals surface area contributed by atoms with Gasteiger partial charge in [0.05, 0.1) is 25.4 Å². The second-order valence-electron chi connectivity index (χ2n) is 21.4. The summed E-state index contributed by atoms with van der Waals surface area (Å²) in [6.45, 7) is 4.96. The van der Waals surface area contributed by atoms with Gasteiger partial charge in [0.1, 0.15) is 0 Å². The molecule has 0 aromatic heterocycles. The number of aliphatic hydroxyl groups is 2. The molecule has 0 saturated heterocycles. The van der Waals surface area contributed by atoms with Crippen molar-refractivity contribution >= 4 is 11.9 Å². The Morgan fingerprint density at radius 2 is 0.691 bits per heavy atom. The molecular formula is C62H121NO5. The maximum Gasteiger partial charge on any atom is 0.305 e. The highest BCUT2D eigenvalue weighted by Gasteiger charge is 2.20. The van der Waals surface area contributed by atoms with Crippen molar-refractivity contribution in [3.05, 3.63) is 12.2 Å². The van der Waals surface area contributed by atoms with E-state index in [2.05, 4.69) is 31.3 Å². The molecule has 68 heavy (non-hydrogen) atoms. The van der Waals surface area contributed by atoms with Crippen LogP contribution in [0, 0.1) is 0 Å². The highest BCUT2D eigenvalue weighted by Crippen LogP contribution is 2.18. The van der Waals surface area contributed by atoms with Crippen molar-refractivity contribution in [2.24, 2.45) is 0 Å². The van der Waals surface area contributed by atoms with Crippen LogP contribution in [0.15, 0.2) is 12.2 Å². The van der Waals surface area contributed by atoms with Crippen LogP contribution in [0.5, 0.6) is 0 Å². The average molecular weight is 961 g/mol. The van der Waals surface area contributed by atoms with E-state index in [0.29, 0.717) is 25.9 Å². The quantitative estimate of drug-likeness (QED) is 0.0321. The lowest BCUT2D eigenvalue weighted by Crippen LogP contribution is -2.45. The molecule has 0 saturated carbocycles. The third-order valence-electron chi connectivity index (χ3n) is 14.6. The Balaban J connectivity index is 3.33. The van der Waals surface area contributed by atoms with Gasteiger partial charge in [0, 0.05) is 12.8 Å². The molecule has 0 rings (SSSR count). The van der Waals surface area contributed by atoms with Crippen molar-refractivity contribution in [3.8, 4) is 0 Å². The SMILES string of the molecule is CCCCCCCCC/C=C\CCCCCCCCCC(=O)OCCCCCCCCCCCCCCCCCCCCCCCCCC(=O)NC(CO)C(O)CCCCCCCCCCCC. The maximum atomic E-state index is 12.4. The van der Waals surface area contributed by atoms with Gasteiger partial charge in [-0.15, -0.1) is 0 Å². The molecule has 2 atom stereocenters. The number of nitrogens with one attached hydrogen (secondary N) is 1. The molecule has 0 heterocycles. The molecule has 3 N–H and O–H groups in total. The molecule has 0 aliphatic rings. The summed E-state index contributed by atoms with van der Waals surface area (Å²) in [7, 11) is 0. The van der Waals surface area contributed by atoms with Gasteiger partial charge in [-0.1, -0.05) is 296 Å². The molecule has 6 heteroatoms. The van der Waals surface area contributed by atoms with Gasteiger partial charge >= 0.3 is 5.97 Å². The van der Waals surface area contributed by atoms with Crippen LogP contribution in [0.25, 0.3) is 0 Å². The summed E-state index contributed by atoms with van der Waals surface area (Å²) in [6.07, 6.45) is 69.4. The molecule has 404 valence electrons. The molecule has 0 fully saturated rings. The largest absolute Gasteiger partial charge is 0.466 e. The number of allylic oxidation sites excluding steroid dienone is 2. The summed E-state index contributed by atoms with van der Waals surface area (Å²) >= 11 is 0. The third-order valence-corrected chi connectivity index (χ3v) is 14.6. The zero-order chi connectivity index (χ0) is 49.3. The summed E-state index contributed by atoms with van der Waals surface area (Å²) in [5.41, 5.74) is 0. The number of carbonyl (C=O) groups is 2. The zero-order valence-electron chi connectivity index (χ0n) is 46.1. The molecule has 0 spiro atoms. The van der Waals surface area contributed by atoms with Crippen molar-refractivity contribution in [1.82, 2.24) is 5.32 Å². The van der Waals surface area contributed by atoms with Crippen LogP contribution in [0.4, 0.5) is 0 Å². The summed E-state index contributed by atoms with van der Waals surface area (Å²) in [4.78, 5) is 24.5. The van der Waals surface area contributed by atoms with Gasteiger partial charge in [0.15, 0.2) is 0 Å². The Morgan fingerprint density at radius 3 is 1.04 bits per heavy atom. The zero-order valence-corrected chi connectivity index (χ0v) is 46.1. The fraction of sp³-hybridized carbons (Fsp3) is 0.935. The van der Waals surface area contributed by atoms with Gasteiger partial charge in [0.2, 0.25) is 5.91 Å². The number of rotatable bonds is 58. The van der Waals surface area contributed by atoms with Gasteiger partial charge < -0.3 is 20.3 Å². The predicted molar refractivity (Wildman–Crippen MR) is 297 cm³/mol. The Bertz CT molecular complexity index is 1020. The van der Waals surface area contributed by atoms with E-state index in [9.17, 15) is 19.8 Å². The fourth-order valence-electron chi connectivity index (χ4n) is 9.81. The van der Waals surface area contributed by atoms with Crippen molar-refractivity contribution in [2.45, 2.75) is 360 Å². The normalized spacial score (nSPS) is 12.6. The predicted octanol–water partition coefficient (Wildman–Crippen LogP) is 19.2. The number of aliphatic hydroxyl groups excluding tert-OH is 2. The Labute approximate surface area is 425 Å². The first-order chi connectivity index (χ1) is 33.5. The summed E-state index contributed by atoms with van der Waals surface area (Å²) in [5, 5.41) is 23.2. The maximum absolute atomic E-state index is 12.4. The molecule has 0 aromatic carbocycles. The van der Waals surface area contributed by atoms with Gasteiger partial charge in [-0.3, -0.25) is 9.59 Å². The van der Waals surface area contributed by atoms with E-state index < -0.39 is 12.1 Å². The Morgan fingerprint density at radius 1 is 0.397 bits per heavy atom. The van der Waals surface area contributed by atoms with Crippen molar-refractivity contribution in [1.29, 1.82) is 0 Å². The number of carbonyl (C=O) groups excluding carboxylic acids is 2. The molecule has 0 bridgehead atoms. The lowest BCUT2D eigenvalue weighted by Gasteiger charge is -2.22. The molecule has 6 nitrogen and oxygen atoms in total. The van der Waals surface area contributed by atoms with Crippen LogP contribution in [0.1, 0.15) is 348 Å². The van der Waals surface area contributed by atoms with E-state index in [0.717, 1.165) is 44.9 Å². The first-order valence-electron chi connectivity index (χ1n) is 30.9. The van der Waals surface area contributed by atoms with Gasteiger partial charge in [0.25, 0.3) is 0 Å². The number of hydrogen-bond acceptors (Lipinski definition) is 5. The third kappa shape index (κ3) is 53.9. The average Bonchev–Trinajstić information content (AvgIpc) is 3.34. The Hall–Kier alpha value is -1.40. The standard InChI is InChI=1S/C62H121NO5/c1-3-5-7-9-11-13-15-16-17-18-27-30-33-36-40-44-48-52-56-62(67)68-57-53-49-45-41-37-34-31-28-25-23-21-19-20-22-24-26-29-32-35-39-43-47-51-55-61(66)63-59(58-64)60(65)54-50-46-42-38-14-12-10-8-6-4-2/h17-18,59-60,64-65H,3-16,19-58H2,1-2H3,(H,63,66)/b18-17-. The van der Waals surface area contributed by atoms with Crippen LogP contribution >= 0.6 is 0 Å². The van der Waals surface area contributed by atoms with E-state index in [1.54, 1.807) is 0 Å². The second-order valence-corrected chi connectivity index (χ2v) is 21.4. The smallest absolute Gasteiger partial charge is 0.305 e. The number of ether oxygens (including phenoxy) is 1. The Kier molecular flexibility index (Phi) is 57.0. The molecule has 0 radical (unpaired) electrons. The molecule has 0 aliphatic carbocycles. The van der Waals surface area contributed by atoms with Crippen LogP contribution < -0.4 is 5.32 Å². The fourth-order valence-corrected chi connectivity index (χ4v) is 9.81. The first-order valence-corrected chi connectivity index (χ1v) is 30.9. The monoisotopic (exact) mass is 960 g/mol. The van der Waals surface area contributed by atoms with Gasteiger partial charge in [-0.25, -0.2) is 0 Å². The minimum atomic E-state index is -0.661. The van der Waals surface area contributed by atoms with E-state index in [-0.39, 0.29) is 18.5 Å². The number of esters is 1. The van der Waals surface area contributed by atoms with E-state index in [1.807, 2.05) is 0 Å². The topological polar surface area (TPSA) is 95.9 Å². The summed E-state index contributed by atoms with van der Waals surface area (Å²) in [6, 6.07) is -0.538. The van der Waals surface area contributed by atoms with Crippen LogP contribution in [0.2, 0.25) is 0 Å². The van der Waals surface area contributed by atoms with Crippen molar-refractivity contribution in [2.75, 3.05) is 13.2 Å². The molecule has 1 amide bonds. The lowest BCUT2D eigenvalue weighted by molar-refractivity contribution is -0.143. The van der Waals surface area contributed by atoms with Crippen molar-refractivity contribution < 1.29 is 24.5 Å². The van der Waals surface area contributed by atoms with Gasteiger partial charge in [-0.05, 0) is 51.4 Å². The molecular weight excluding hydrogens is 839 g/mol. The molecule has 2 unspecified atom stereocenters. The summed E-state index contributed by atoms with van der Waals surface area (Å²) in [5.74, 6) is -0.0226. The minimum absolute atomic E-state index is 0.0120. The molecule has 0 aromatic rings. The number of unbranched alkanes of at least 4 members (excludes halogenated alkanes) is 45. The second kappa shape index (κ2) is 58.2. The first kappa shape index (κ1) is 66.6. The van der Waals surface area contributed by atoms with Crippen LogP contribution in [-0.4, -0.2) is 47.4 Å². The number of amides is 1. The number of hydrogen-bond donors (Lipinski definition) is 3. The minimum Gasteiger partial charge on any atom is -0.466 e.